The van der Waals surface area contributed by atoms with E-state index in [1.807, 2.05) is 36.4 Å². The number of nitrogens with zero attached hydrogens (tertiary/aromatic N) is 2. The fraction of sp³-hybridized carbons (Fsp3) is 0.0526. The minimum Gasteiger partial charge on any atom is -0.868 e. The number of hydrazone groups is 1. The minimum atomic E-state index is -0.755. The van der Waals surface area contributed by atoms with Gasteiger partial charge in [-0.25, -0.2) is 5.43 Å². The van der Waals surface area contributed by atoms with Crippen LogP contribution in [0.15, 0.2) is 65.8 Å². The zero-order chi connectivity index (χ0) is 19.2. The van der Waals surface area contributed by atoms with E-state index in [9.17, 15) is 20.0 Å². The molecule has 136 valence electrons. The van der Waals surface area contributed by atoms with Crippen LogP contribution in [-0.2, 0) is 4.79 Å². The normalized spacial score (nSPS) is 10.8. The molecular weight excluding hydrogens is 350 g/mol. The summed E-state index contributed by atoms with van der Waals surface area (Å²) in [7, 11) is 0. The van der Waals surface area contributed by atoms with Gasteiger partial charge in [-0.05, 0) is 40.3 Å². The van der Waals surface area contributed by atoms with Crippen molar-refractivity contribution in [1.82, 2.24) is 5.43 Å². The van der Waals surface area contributed by atoms with Crippen LogP contribution in [0.4, 0.5) is 5.69 Å². The lowest BCUT2D eigenvalue weighted by Gasteiger charge is -2.07. The number of nitrogens with one attached hydrogen (secondary N) is 1. The molecule has 0 spiro atoms. The number of carbonyl (C=O) groups excluding carboxylic acids is 1. The van der Waals surface area contributed by atoms with Crippen molar-refractivity contribution < 1.29 is 19.6 Å². The Morgan fingerprint density at radius 1 is 1.11 bits per heavy atom. The molecule has 0 bridgehead atoms. The molecule has 0 atom stereocenters. The van der Waals surface area contributed by atoms with Crippen LogP contribution in [0.5, 0.6) is 11.5 Å². The third kappa shape index (κ3) is 4.57. The average Bonchev–Trinajstić information content (AvgIpc) is 2.66. The van der Waals surface area contributed by atoms with Crippen LogP contribution in [0.3, 0.4) is 0 Å². The highest BCUT2D eigenvalue weighted by molar-refractivity contribution is 5.85. The number of nitro groups is 1. The van der Waals surface area contributed by atoms with Crippen LogP contribution in [0, 0.1) is 10.1 Å². The molecule has 0 unspecified atom stereocenters. The molecule has 3 rings (SSSR count). The Balaban J connectivity index is 1.53. The first-order chi connectivity index (χ1) is 13.0. The van der Waals surface area contributed by atoms with Crippen LogP contribution < -0.4 is 15.3 Å². The second-order valence-corrected chi connectivity index (χ2v) is 5.58. The van der Waals surface area contributed by atoms with E-state index in [4.69, 9.17) is 4.74 Å². The van der Waals surface area contributed by atoms with E-state index < -0.39 is 22.3 Å². The number of rotatable bonds is 6. The number of ether oxygens (including phenoxy) is 1. The number of amides is 1. The number of hydrogen-bond donors (Lipinski definition) is 1. The molecule has 0 aliphatic rings. The van der Waals surface area contributed by atoms with Crippen molar-refractivity contribution in [3.05, 3.63) is 76.3 Å². The third-order valence-corrected chi connectivity index (χ3v) is 3.67. The van der Waals surface area contributed by atoms with Crippen molar-refractivity contribution in [2.24, 2.45) is 5.10 Å². The number of nitro benzene ring substituents is 1. The van der Waals surface area contributed by atoms with Gasteiger partial charge in [-0.3, -0.25) is 14.9 Å². The average molecular weight is 364 g/mol. The first-order valence-corrected chi connectivity index (χ1v) is 7.92. The lowest BCUT2D eigenvalue weighted by molar-refractivity contribution is -0.398. The molecule has 3 aromatic rings. The molecule has 0 saturated carbocycles. The van der Waals surface area contributed by atoms with Gasteiger partial charge in [0, 0.05) is 6.07 Å². The van der Waals surface area contributed by atoms with Crippen molar-refractivity contribution in [3.8, 4) is 11.5 Å². The highest BCUT2D eigenvalue weighted by atomic mass is 16.6. The molecule has 3 aromatic carbocycles. The van der Waals surface area contributed by atoms with E-state index in [1.165, 1.54) is 12.3 Å². The van der Waals surface area contributed by atoms with Crippen LogP contribution in [0.25, 0.3) is 10.8 Å². The Hall–Kier alpha value is -3.94. The molecule has 0 radical (unpaired) electrons. The SMILES string of the molecule is O=C(COc1ccc2ccccc2c1)N/N=C\c1ccc([N+](=O)[O-])c([O-])c1. The Labute approximate surface area is 153 Å². The van der Waals surface area contributed by atoms with Crippen molar-refractivity contribution in [3.63, 3.8) is 0 Å². The summed E-state index contributed by atoms with van der Waals surface area (Å²) in [5, 5.41) is 27.9. The lowest BCUT2D eigenvalue weighted by Crippen LogP contribution is -2.24. The van der Waals surface area contributed by atoms with E-state index in [1.54, 1.807) is 6.07 Å². The molecule has 0 aliphatic carbocycles. The summed E-state index contributed by atoms with van der Waals surface area (Å²) in [6.07, 6.45) is 1.22. The minimum absolute atomic E-state index is 0.233. The maximum absolute atomic E-state index is 11.8. The first-order valence-electron chi connectivity index (χ1n) is 7.92. The molecule has 27 heavy (non-hydrogen) atoms. The van der Waals surface area contributed by atoms with Gasteiger partial charge in [0.15, 0.2) is 6.61 Å². The van der Waals surface area contributed by atoms with E-state index >= 15 is 0 Å². The quantitative estimate of drug-likeness (QED) is 0.409. The summed E-state index contributed by atoms with van der Waals surface area (Å²) in [5.74, 6) is -0.655. The Bertz CT molecular complexity index is 1030. The maximum Gasteiger partial charge on any atom is 0.277 e. The summed E-state index contributed by atoms with van der Waals surface area (Å²) in [5.41, 5.74) is 2.09. The van der Waals surface area contributed by atoms with Gasteiger partial charge in [0.2, 0.25) is 0 Å². The molecular formula is C19H14N3O5-. The molecule has 0 aromatic heterocycles. The Morgan fingerprint density at radius 3 is 2.63 bits per heavy atom. The van der Waals surface area contributed by atoms with Crippen LogP contribution in [-0.4, -0.2) is 23.7 Å². The second kappa shape index (κ2) is 7.96. The van der Waals surface area contributed by atoms with E-state index in [0.29, 0.717) is 11.3 Å². The molecule has 8 heteroatoms. The number of carbonyl (C=O) groups is 1. The molecule has 0 heterocycles. The van der Waals surface area contributed by atoms with Gasteiger partial charge in [0.05, 0.1) is 11.1 Å². The highest BCUT2D eigenvalue weighted by Crippen LogP contribution is 2.23. The van der Waals surface area contributed by atoms with Crippen molar-refractivity contribution in [1.29, 1.82) is 0 Å². The second-order valence-electron chi connectivity index (χ2n) is 5.58. The Morgan fingerprint density at radius 2 is 1.89 bits per heavy atom. The van der Waals surface area contributed by atoms with Gasteiger partial charge in [0.1, 0.15) is 5.75 Å². The maximum atomic E-state index is 11.8. The number of benzene rings is 3. The molecule has 0 saturated heterocycles. The van der Waals surface area contributed by atoms with Gasteiger partial charge < -0.3 is 9.84 Å². The lowest BCUT2D eigenvalue weighted by atomic mass is 10.1. The fourth-order valence-corrected chi connectivity index (χ4v) is 2.38. The van der Waals surface area contributed by atoms with Crippen LogP contribution in [0.1, 0.15) is 5.56 Å². The first kappa shape index (κ1) is 17.9. The van der Waals surface area contributed by atoms with E-state index in [0.717, 1.165) is 22.9 Å². The van der Waals surface area contributed by atoms with Crippen molar-refractivity contribution >= 4 is 28.6 Å². The van der Waals surface area contributed by atoms with Gasteiger partial charge in [0.25, 0.3) is 11.6 Å². The molecule has 0 fully saturated rings. The van der Waals surface area contributed by atoms with Crippen molar-refractivity contribution in [2.75, 3.05) is 6.61 Å². The summed E-state index contributed by atoms with van der Waals surface area (Å²) >= 11 is 0. The summed E-state index contributed by atoms with van der Waals surface area (Å²) in [6.45, 7) is -0.233. The monoisotopic (exact) mass is 364 g/mol. The summed E-state index contributed by atoms with van der Waals surface area (Å²) < 4.78 is 5.43. The van der Waals surface area contributed by atoms with Crippen LogP contribution >= 0.6 is 0 Å². The molecule has 8 nitrogen and oxygen atoms in total. The van der Waals surface area contributed by atoms with Gasteiger partial charge in [-0.2, -0.15) is 5.10 Å². The Kier molecular flexibility index (Phi) is 5.27. The zero-order valence-electron chi connectivity index (χ0n) is 14.0. The van der Waals surface area contributed by atoms with Gasteiger partial charge in [-0.15, -0.1) is 0 Å². The van der Waals surface area contributed by atoms with Crippen LogP contribution in [0.2, 0.25) is 0 Å². The van der Waals surface area contributed by atoms with Gasteiger partial charge in [-0.1, -0.05) is 36.4 Å². The fourth-order valence-electron chi connectivity index (χ4n) is 2.38. The van der Waals surface area contributed by atoms with Gasteiger partial charge >= 0.3 is 0 Å². The topological polar surface area (TPSA) is 117 Å². The van der Waals surface area contributed by atoms with E-state index in [-0.39, 0.29) is 6.61 Å². The predicted octanol–water partition coefficient (Wildman–Crippen LogP) is 2.35. The standard InChI is InChI=1S/C19H15N3O5/c23-18-9-13(5-8-17(18)22(25)26)11-20-21-19(24)12-27-16-7-6-14-3-1-2-4-15(14)10-16/h1-11,23H,12H2,(H,21,24)/p-1/b20-11-. The number of fused-ring (bicyclic) bond motifs is 1. The smallest absolute Gasteiger partial charge is 0.277 e. The summed E-state index contributed by atoms with van der Waals surface area (Å²) in [6, 6.07) is 16.8. The number of hydrogen-bond acceptors (Lipinski definition) is 6. The zero-order valence-corrected chi connectivity index (χ0v) is 14.0. The van der Waals surface area contributed by atoms with Crippen molar-refractivity contribution in [2.45, 2.75) is 0 Å². The highest BCUT2D eigenvalue weighted by Gasteiger charge is 2.06. The largest absolute Gasteiger partial charge is 0.868 e. The van der Waals surface area contributed by atoms with E-state index in [2.05, 4.69) is 10.5 Å². The molecule has 1 amide bonds. The third-order valence-electron chi connectivity index (χ3n) is 3.67. The predicted molar refractivity (Wildman–Crippen MR) is 97.7 cm³/mol. The summed E-state index contributed by atoms with van der Waals surface area (Å²) in [4.78, 5) is 21.6. The molecule has 1 N–H and O–H groups in total. The molecule has 0 aliphatic heterocycles.